The molecule has 0 saturated carbocycles. The highest BCUT2D eigenvalue weighted by Gasteiger charge is 2.22. The summed E-state index contributed by atoms with van der Waals surface area (Å²) in [6.07, 6.45) is 2.05. The lowest BCUT2D eigenvalue weighted by molar-refractivity contribution is -0.144. The van der Waals surface area contributed by atoms with Crippen molar-refractivity contribution in [2.24, 2.45) is 5.92 Å². The molecule has 4 heteroatoms. The van der Waals surface area contributed by atoms with Crippen LogP contribution in [0.4, 0.5) is 0 Å². The highest BCUT2D eigenvalue weighted by atomic mass is 16.5. The number of aliphatic hydroxyl groups is 1. The molecule has 0 aliphatic heterocycles. The first-order valence-corrected chi connectivity index (χ1v) is 4.43. The predicted octanol–water partition coefficient (Wildman–Crippen LogP) is 0.692. The van der Waals surface area contributed by atoms with Gasteiger partial charge < -0.3 is 9.84 Å². The number of allylic oxidation sites excluding steroid dienone is 1. The Labute approximate surface area is 83.6 Å². The summed E-state index contributed by atoms with van der Waals surface area (Å²) in [5.74, 6) is -1.47. The van der Waals surface area contributed by atoms with Gasteiger partial charge in [-0.15, -0.1) is 0 Å². The second-order valence-corrected chi connectivity index (χ2v) is 3.02. The lowest BCUT2D eigenvalue weighted by Crippen LogP contribution is -2.26. The minimum Gasteiger partial charge on any atom is -0.469 e. The molecule has 2 unspecified atom stereocenters. The number of rotatable bonds is 5. The van der Waals surface area contributed by atoms with Gasteiger partial charge in [-0.3, -0.25) is 9.59 Å². The third-order valence-corrected chi connectivity index (χ3v) is 1.96. The molecule has 1 N–H and O–H groups in total. The second-order valence-electron chi connectivity index (χ2n) is 3.02. The van der Waals surface area contributed by atoms with E-state index in [1.54, 1.807) is 19.9 Å². The van der Waals surface area contributed by atoms with Crippen LogP contribution in [0.25, 0.3) is 0 Å². The van der Waals surface area contributed by atoms with Crippen molar-refractivity contribution in [1.82, 2.24) is 0 Å². The molecular formula is C10H16O4. The molecular weight excluding hydrogens is 184 g/mol. The zero-order valence-corrected chi connectivity index (χ0v) is 8.69. The summed E-state index contributed by atoms with van der Waals surface area (Å²) in [5, 5.41) is 9.41. The number of carbonyl (C=O) groups is 2. The monoisotopic (exact) mass is 200 g/mol. The summed E-state index contributed by atoms with van der Waals surface area (Å²) in [7, 11) is 1.22. The van der Waals surface area contributed by atoms with E-state index in [1.165, 1.54) is 13.2 Å². The largest absolute Gasteiger partial charge is 0.469 e. The zero-order chi connectivity index (χ0) is 11.1. The van der Waals surface area contributed by atoms with E-state index in [1.807, 2.05) is 0 Å². The maximum Gasteiger partial charge on any atom is 0.313 e. The van der Waals surface area contributed by atoms with Gasteiger partial charge in [-0.1, -0.05) is 19.1 Å². The van der Waals surface area contributed by atoms with Crippen LogP contribution in [0.3, 0.4) is 0 Å². The van der Waals surface area contributed by atoms with Crippen LogP contribution < -0.4 is 0 Å². The first-order chi connectivity index (χ1) is 6.52. The van der Waals surface area contributed by atoms with Crippen molar-refractivity contribution in [2.75, 3.05) is 7.11 Å². The number of Topliss-reactive ketones (excluding diaryl/α,β-unsaturated/α-hetero) is 1. The van der Waals surface area contributed by atoms with Crippen LogP contribution in [0.15, 0.2) is 12.2 Å². The van der Waals surface area contributed by atoms with Crippen molar-refractivity contribution in [1.29, 1.82) is 0 Å². The number of ketones is 1. The molecule has 0 aliphatic rings. The Bertz CT molecular complexity index is 232. The molecule has 14 heavy (non-hydrogen) atoms. The molecule has 0 aromatic carbocycles. The Morgan fingerprint density at radius 2 is 2.07 bits per heavy atom. The van der Waals surface area contributed by atoms with E-state index < -0.39 is 18.0 Å². The van der Waals surface area contributed by atoms with Crippen molar-refractivity contribution in [2.45, 2.75) is 26.4 Å². The molecule has 0 aliphatic carbocycles. The van der Waals surface area contributed by atoms with Gasteiger partial charge in [0.05, 0.1) is 13.2 Å². The van der Waals surface area contributed by atoms with Crippen LogP contribution in [0, 0.1) is 5.92 Å². The van der Waals surface area contributed by atoms with Gasteiger partial charge >= 0.3 is 5.97 Å². The van der Waals surface area contributed by atoms with Gasteiger partial charge in [0, 0.05) is 5.92 Å². The van der Waals surface area contributed by atoms with E-state index in [2.05, 4.69) is 4.74 Å². The maximum absolute atomic E-state index is 11.3. The third-order valence-electron chi connectivity index (χ3n) is 1.96. The quantitative estimate of drug-likeness (QED) is 0.403. The summed E-state index contributed by atoms with van der Waals surface area (Å²) in [6, 6.07) is 0. The fourth-order valence-electron chi connectivity index (χ4n) is 0.930. The van der Waals surface area contributed by atoms with Crippen LogP contribution in [-0.4, -0.2) is 30.1 Å². The fourth-order valence-corrected chi connectivity index (χ4v) is 0.930. The van der Waals surface area contributed by atoms with Gasteiger partial charge in [-0.2, -0.15) is 0 Å². The molecule has 0 aromatic heterocycles. The highest BCUT2D eigenvalue weighted by molar-refractivity contribution is 5.96. The van der Waals surface area contributed by atoms with E-state index in [4.69, 9.17) is 0 Å². The van der Waals surface area contributed by atoms with Crippen LogP contribution in [-0.2, 0) is 14.3 Å². The van der Waals surface area contributed by atoms with Crippen molar-refractivity contribution < 1.29 is 19.4 Å². The Morgan fingerprint density at radius 1 is 1.50 bits per heavy atom. The van der Waals surface area contributed by atoms with Crippen LogP contribution in [0.1, 0.15) is 20.3 Å². The average molecular weight is 200 g/mol. The first-order valence-electron chi connectivity index (χ1n) is 4.43. The molecule has 80 valence electrons. The van der Waals surface area contributed by atoms with Crippen molar-refractivity contribution in [3.8, 4) is 0 Å². The van der Waals surface area contributed by atoms with E-state index in [0.717, 1.165) is 0 Å². The Hall–Kier alpha value is -1.16. The summed E-state index contributed by atoms with van der Waals surface area (Å²) in [5.41, 5.74) is 0. The van der Waals surface area contributed by atoms with Gasteiger partial charge in [0.1, 0.15) is 12.2 Å². The SMILES string of the molecule is C/C=C/C(O)C(C)C(=O)CC(=O)OC. The van der Waals surface area contributed by atoms with E-state index >= 15 is 0 Å². The number of hydrogen-bond acceptors (Lipinski definition) is 4. The topological polar surface area (TPSA) is 63.6 Å². The van der Waals surface area contributed by atoms with Crippen molar-refractivity contribution in [3.05, 3.63) is 12.2 Å². The average Bonchev–Trinajstić information content (AvgIpc) is 2.16. The Kier molecular flexibility index (Phi) is 5.79. The normalized spacial score (nSPS) is 15.1. The number of ether oxygens (including phenoxy) is 1. The van der Waals surface area contributed by atoms with Crippen LogP contribution >= 0.6 is 0 Å². The number of methoxy groups -OCH3 is 1. The molecule has 0 heterocycles. The van der Waals surface area contributed by atoms with E-state index in [-0.39, 0.29) is 12.2 Å². The minimum atomic E-state index is -0.836. The fraction of sp³-hybridized carbons (Fsp3) is 0.600. The van der Waals surface area contributed by atoms with Crippen molar-refractivity contribution >= 4 is 11.8 Å². The number of aliphatic hydroxyl groups excluding tert-OH is 1. The molecule has 2 atom stereocenters. The standard InChI is InChI=1S/C10H16O4/c1-4-5-8(11)7(2)9(12)6-10(13)14-3/h4-5,7-8,11H,6H2,1-3H3/b5-4+. The second kappa shape index (κ2) is 6.32. The molecule has 0 radical (unpaired) electrons. The zero-order valence-electron chi connectivity index (χ0n) is 8.69. The Balaban J connectivity index is 4.18. The molecule has 0 bridgehead atoms. The van der Waals surface area contributed by atoms with Gasteiger partial charge in [-0.05, 0) is 6.92 Å². The van der Waals surface area contributed by atoms with Crippen LogP contribution in [0.2, 0.25) is 0 Å². The van der Waals surface area contributed by atoms with Gasteiger partial charge in [-0.25, -0.2) is 0 Å². The molecule has 0 amide bonds. The van der Waals surface area contributed by atoms with Crippen molar-refractivity contribution in [3.63, 3.8) is 0 Å². The predicted molar refractivity (Wildman–Crippen MR) is 51.6 cm³/mol. The Morgan fingerprint density at radius 3 is 2.50 bits per heavy atom. The summed E-state index contributed by atoms with van der Waals surface area (Å²) in [4.78, 5) is 22.1. The smallest absolute Gasteiger partial charge is 0.313 e. The number of hydrogen-bond donors (Lipinski definition) is 1. The highest BCUT2D eigenvalue weighted by Crippen LogP contribution is 2.08. The third kappa shape index (κ3) is 4.18. The first kappa shape index (κ1) is 12.8. The molecule has 0 rings (SSSR count). The lowest BCUT2D eigenvalue weighted by Gasteiger charge is -2.13. The number of carbonyl (C=O) groups excluding carboxylic acids is 2. The van der Waals surface area contributed by atoms with Gasteiger partial charge in [0.25, 0.3) is 0 Å². The molecule has 0 spiro atoms. The lowest BCUT2D eigenvalue weighted by atomic mass is 9.97. The summed E-state index contributed by atoms with van der Waals surface area (Å²) >= 11 is 0. The molecule has 0 aromatic rings. The van der Waals surface area contributed by atoms with Gasteiger partial charge in [0.2, 0.25) is 0 Å². The minimum absolute atomic E-state index is 0.285. The molecule has 4 nitrogen and oxygen atoms in total. The number of esters is 1. The molecule has 0 saturated heterocycles. The van der Waals surface area contributed by atoms with Crippen LogP contribution in [0.5, 0.6) is 0 Å². The maximum atomic E-state index is 11.3. The summed E-state index contributed by atoms with van der Waals surface area (Å²) in [6.45, 7) is 3.33. The van der Waals surface area contributed by atoms with E-state index in [9.17, 15) is 14.7 Å². The van der Waals surface area contributed by atoms with E-state index in [0.29, 0.717) is 0 Å². The summed E-state index contributed by atoms with van der Waals surface area (Å²) < 4.78 is 4.35. The molecule has 0 fully saturated rings. The van der Waals surface area contributed by atoms with Gasteiger partial charge in [0.15, 0.2) is 0 Å².